The number of sulfonamides is 1. The Morgan fingerprint density at radius 3 is 2.45 bits per heavy atom. The molecule has 1 aliphatic rings. The maximum absolute atomic E-state index is 12.4. The first kappa shape index (κ1) is 23.3. The predicted octanol–water partition coefficient (Wildman–Crippen LogP) is 3.47. The molecule has 1 heterocycles. The van der Waals surface area contributed by atoms with Gasteiger partial charge in [-0.05, 0) is 43.9 Å². The molecule has 1 fully saturated rings. The van der Waals surface area contributed by atoms with Gasteiger partial charge in [-0.15, -0.1) is 0 Å². The molecule has 31 heavy (non-hydrogen) atoms. The zero-order valence-electron chi connectivity index (χ0n) is 18.7. The van der Waals surface area contributed by atoms with Gasteiger partial charge in [-0.1, -0.05) is 54.6 Å². The van der Waals surface area contributed by atoms with Crippen LogP contribution in [0.15, 0.2) is 59.6 Å². The first-order valence-corrected chi connectivity index (χ1v) is 12.7. The first-order valence-electron chi connectivity index (χ1n) is 11.0. The summed E-state index contributed by atoms with van der Waals surface area (Å²) in [7, 11) is -3.38. The second-order valence-electron chi connectivity index (χ2n) is 8.31. The molecule has 7 heteroatoms. The van der Waals surface area contributed by atoms with Crippen LogP contribution in [0, 0.1) is 0 Å². The summed E-state index contributed by atoms with van der Waals surface area (Å²) in [5, 5.41) is 3.41. The topological polar surface area (TPSA) is 73.8 Å². The molecule has 0 bridgehead atoms. The van der Waals surface area contributed by atoms with Gasteiger partial charge in [0.25, 0.3) is 0 Å². The van der Waals surface area contributed by atoms with E-state index in [1.165, 1.54) is 5.56 Å². The number of hydrogen-bond donors (Lipinski definition) is 2. The lowest BCUT2D eigenvalue weighted by molar-refractivity contribution is 0.486. The highest BCUT2D eigenvalue weighted by Gasteiger charge is 2.26. The van der Waals surface area contributed by atoms with E-state index in [4.69, 9.17) is 4.99 Å². The van der Waals surface area contributed by atoms with Crippen LogP contribution < -0.4 is 10.0 Å². The van der Waals surface area contributed by atoms with Crippen LogP contribution in [0.1, 0.15) is 49.8 Å². The number of hydrogen-bond acceptors (Lipinski definition) is 3. The Kier molecular flexibility index (Phi) is 8.09. The third-order valence-electron chi connectivity index (χ3n) is 5.37. The molecule has 0 saturated carbocycles. The maximum Gasteiger partial charge on any atom is 0.216 e. The third-order valence-corrected chi connectivity index (χ3v) is 6.89. The van der Waals surface area contributed by atoms with Crippen molar-refractivity contribution >= 4 is 16.0 Å². The average molecular weight is 443 g/mol. The Morgan fingerprint density at radius 2 is 1.77 bits per heavy atom. The van der Waals surface area contributed by atoms with Crippen molar-refractivity contribution in [2.24, 2.45) is 4.99 Å². The number of aliphatic imine (C=N–C) groups is 1. The van der Waals surface area contributed by atoms with Crippen molar-refractivity contribution in [2.45, 2.75) is 51.4 Å². The van der Waals surface area contributed by atoms with Gasteiger partial charge in [-0.3, -0.25) is 0 Å². The van der Waals surface area contributed by atoms with Crippen molar-refractivity contribution in [1.29, 1.82) is 0 Å². The monoisotopic (exact) mass is 442 g/mol. The minimum Gasteiger partial charge on any atom is -0.357 e. The summed E-state index contributed by atoms with van der Waals surface area (Å²) in [6, 6.07) is 18.2. The lowest BCUT2D eigenvalue weighted by Gasteiger charge is -2.22. The molecule has 2 aromatic rings. The lowest BCUT2D eigenvalue weighted by Crippen LogP contribution is -2.40. The molecule has 3 rings (SSSR count). The van der Waals surface area contributed by atoms with Crippen LogP contribution in [0.4, 0.5) is 0 Å². The largest absolute Gasteiger partial charge is 0.357 e. The predicted molar refractivity (Wildman–Crippen MR) is 128 cm³/mol. The van der Waals surface area contributed by atoms with Gasteiger partial charge in [-0.2, -0.15) is 0 Å². The first-order chi connectivity index (χ1) is 14.9. The normalized spacial score (nSPS) is 17.4. The Balaban J connectivity index is 1.73. The smallest absolute Gasteiger partial charge is 0.216 e. The molecule has 6 nitrogen and oxygen atoms in total. The second kappa shape index (κ2) is 10.8. The molecule has 2 N–H and O–H groups in total. The fourth-order valence-electron chi connectivity index (χ4n) is 3.99. The molecular weight excluding hydrogens is 408 g/mol. The van der Waals surface area contributed by atoms with E-state index in [1.54, 1.807) is 0 Å². The summed E-state index contributed by atoms with van der Waals surface area (Å²) >= 11 is 0. The van der Waals surface area contributed by atoms with Crippen molar-refractivity contribution in [3.63, 3.8) is 0 Å². The quantitative estimate of drug-likeness (QED) is 0.485. The number of nitrogens with one attached hydrogen (secondary N) is 2. The number of benzene rings is 2. The van der Waals surface area contributed by atoms with E-state index in [-0.39, 0.29) is 11.8 Å². The molecule has 0 aliphatic carbocycles. The van der Waals surface area contributed by atoms with Gasteiger partial charge in [0.1, 0.15) is 0 Å². The van der Waals surface area contributed by atoms with Crippen molar-refractivity contribution in [3.05, 3.63) is 71.3 Å². The maximum atomic E-state index is 12.4. The van der Waals surface area contributed by atoms with Crippen molar-refractivity contribution in [3.8, 4) is 0 Å². The minimum atomic E-state index is -3.38. The van der Waals surface area contributed by atoms with Crippen molar-refractivity contribution < 1.29 is 8.42 Å². The van der Waals surface area contributed by atoms with Crippen LogP contribution in [0.2, 0.25) is 0 Å². The molecule has 1 aliphatic heterocycles. The standard InChI is InChI=1S/C24H34N4O2S/c1-4-25-24(28-15-14-22(17-28)20-10-6-5-7-11-20)26-16-21-12-8-9-13-23(21)18-31(29,30)27-19(2)3/h5-13,19,22,27H,4,14-18H2,1-3H3,(H,25,26). The zero-order chi connectivity index (χ0) is 22.3. The number of guanidine groups is 1. The van der Waals surface area contributed by atoms with Gasteiger partial charge in [0, 0.05) is 31.6 Å². The van der Waals surface area contributed by atoms with E-state index >= 15 is 0 Å². The van der Waals surface area contributed by atoms with Gasteiger partial charge in [0.05, 0.1) is 12.3 Å². The fourth-order valence-corrected chi connectivity index (χ4v) is 5.49. The van der Waals surface area contributed by atoms with Gasteiger partial charge in [0.15, 0.2) is 5.96 Å². The van der Waals surface area contributed by atoms with Crippen LogP contribution in [-0.2, 0) is 22.3 Å². The number of likely N-dealkylation sites (tertiary alicyclic amines) is 1. The van der Waals surface area contributed by atoms with E-state index in [0.717, 1.165) is 43.1 Å². The molecule has 0 aromatic heterocycles. The molecule has 1 atom stereocenters. The van der Waals surface area contributed by atoms with Crippen LogP contribution in [0.3, 0.4) is 0 Å². The van der Waals surface area contributed by atoms with E-state index in [9.17, 15) is 8.42 Å². The SMILES string of the molecule is CCNC(=NCc1ccccc1CS(=O)(=O)NC(C)C)N1CCC(c2ccccc2)C1. The van der Waals surface area contributed by atoms with Crippen LogP contribution in [0.25, 0.3) is 0 Å². The highest BCUT2D eigenvalue weighted by molar-refractivity contribution is 7.88. The molecule has 1 unspecified atom stereocenters. The highest BCUT2D eigenvalue weighted by Crippen LogP contribution is 2.27. The van der Waals surface area contributed by atoms with E-state index < -0.39 is 10.0 Å². The highest BCUT2D eigenvalue weighted by atomic mass is 32.2. The van der Waals surface area contributed by atoms with Crippen LogP contribution >= 0.6 is 0 Å². The van der Waals surface area contributed by atoms with Gasteiger partial charge in [-0.25, -0.2) is 18.1 Å². The molecule has 2 aromatic carbocycles. The van der Waals surface area contributed by atoms with E-state index in [1.807, 2.05) is 38.1 Å². The van der Waals surface area contributed by atoms with Crippen molar-refractivity contribution in [2.75, 3.05) is 19.6 Å². The lowest BCUT2D eigenvalue weighted by atomic mass is 9.99. The Bertz CT molecular complexity index is 974. The summed E-state index contributed by atoms with van der Waals surface area (Å²) in [6.07, 6.45) is 1.10. The number of rotatable bonds is 8. The summed E-state index contributed by atoms with van der Waals surface area (Å²) in [6.45, 7) is 8.86. The molecule has 0 spiro atoms. The molecular formula is C24H34N4O2S. The number of nitrogens with zero attached hydrogens (tertiary/aromatic N) is 2. The second-order valence-corrected chi connectivity index (χ2v) is 10.1. The molecule has 0 radical (unpaired) electrons. The molecule has 168 valence electrons. The summed E-state index contributed by atoms with van der Waals surface area (Å²) in [4.78, 5) is 7.17. The summed E-state index contributed by atoms with van der Waals surface area (Å²) < 4.78 is 27.5. The molecule has 1 saturated heterocycles. The van der Waals surface area contributed by atoms with E-state index in [0.29, 0.717) is 12.5 Å². The zero-order valence-corrected chi connectivity index (χ0v) is 19.5. The minimum absolute atomic E-state index is 0.0345. The fraction of sp³-hybridized carbons (Fsp3) is 0.458. The van der Waals surface area contributed by atoms with Crippen molar-refractivity contribution in [1.82, 2.24) is 14.9 Å². The molecule has 0 amide bonds. The Hall–Kier alpha value is -2.38. The van der Waals surface area contributed by atoms with Gasteiger partial charge < -0.3 is 10.2 Å². The summed E-state index contributed by atoms with van der Waals surface area (Å²) in [5.74, 6) is 1.36. The van der Waals surface area contributed by atoms with Gasteiger partial charge in [0.2, 0.25) is 10.0 Å². The average Bonchev–Trinajstić information content (AvgIpc) is 3.21. The van der Waals surface area contributed by atoms with Crippen LogP contribution in [0.5, 0.6) is 0 Å². The Morgan fingerprint density at radius 1 is 1.10 bits per heavy atom. The van der Waals surface area contributed by atoms with Crippen LogP contribution in [-0.4, -0.2) is 45.0 Å². The van der Waals surface area contributed by atoms with E-state index in [2.05, 4.69) is 52.2 Å². The van der Waals surface area contributed by atoms with Gasteiger partial charge >= 0.3 is 0 Å². The summed E-state index contributed by atoms with van der Waals surface area (Å²) in [5.41, 5.74) is 3.10. The Labute approximate surface area is 186 Å². The third kappa shape index (κ3) is 6.80.